The standard InChI is InChI=1S/2C14H21N.2C12H17N/c1-10(2)11-5-6-13-12(7-11)8-15-9-14(13,3)4;1-10(2)11-5-6-13-12(9-11)7-8-15-14(13,3)4;1-9(2)10-3-4-12-8-13-6-5-11(12)7-10;1-9(2)11-4-3-10-5-6-13-8-12(10)7-11/h5-7,10,15H,8-9H2,1-4H3;5-6,9-10,15H,7-8H2,1-4H3;2*3-4,7,9,13H,5-6,8H2,1-2H3. The third-order valence-electron chi connectivity index (χ3n) is 12.4. The molecule has 0 radical (unpaired) electrons. The first-order valence-electron chi connectivity index (χ1n) is 21.9. The number of hydrogen-bond acceptors (Lipinski definition) is 4. The van der Waals surface area contributed by atoms with Crippen molar-refractivity contribution in [1.29, 1.82) is 0 Å². The number of nitrogens with one attached hydrogen (secondary N) is 4. The number of benzene rings is 4. The van der Waals surface area contributed by atoms with Gasteiger partial charge in [0, 0.05) is 37.1 Å². The molecule has 4 aromatic carbocycles. The van der Waals surface area contributed by atoms with Crippen LogP contribution in [0.1, 0.15) is 174 Å². The van der Waals surface area contributed by atoms with Gasteiger partial charge in [0.15, 0.2) is 0 Å². The van der Waals surface area contributed by atoms with E-state index in [1.54, 1.807) is 5.56 Å². The van der Waals surface area contributed by atoms with Crippen LogP contribution in [0.25, 0.3) is 0 Å². The lowest BCUT2D eigenvalue weighted by Crippen LogP contribution is -2.42. The highest BCUT2D eigenvalue weighted by molar-refractivity contribution is 5.41. The van der Waals surface area contributed by atoms with E-state index in [-0.39, 0.29) is 11.0 Å². The van der Waals surface area contributed by atoms with Crippen molar-refractivity contribution in [2.24, 2.45) is 0 Å². The highest BCUT2D eigenvalue weighted by atomic mass is 15.0. The molecule has 0 aromatic heterocycles. The van der Waals surface area contributed by atoms with Crippen LogP contribution in [0.5, 0.6) is 0 Å². The summed E-state index contributed by atoms with van der Waals surface area (Å²) in [6.45, 7) is 34.8. The van der Waals surface area contributed by atoms with Crippen molar-refractivity contribution in [2.45, 2.75) is 157 Å². The monoisotopic (exact) mass is 757 g/mol. The summed E-state index contributed by atoms with van der Waals surface area (Å²) < 4.78 is 0. The Balaban J connectivity index is 0.000000143. The van der Waals surface area contributed by atoms with Gasteiger partial charge in [-0.1, -0.05) is 142 Å². The molecule has 4 aromatic rings. The van der Waals surface area contributed by atoms with Gasteiger partial charge in [0.1, 0.15) is 0 Å². The Morgan fingerprint density at radius 3 is 1.43 bits per heavy atom. The first-order valence-corrected chi connectivity index (χ1v) is 21.9. The quantitative estimate of drug-likeness (QED) is 0.167. The number of hydrogen-bond donors (Lipinski definition) is 4. The van der Waals surface area contributed by atoms with E-state index in [0.717, 1.165) is 45.8 Å². The summed E-state index contributed by atoms with van der Waals surface area (Å²) in [7, 11) is 0. The maximum atomic E-state index is 3.56. The highest BCUT2D eigenvalue weighted by Gasteiger charge is 2.28. The van der Waals surface area contributed by atoms with Crippen molar-refractivity contribution in [2.75, 3.05) is 26.2 Å². The molecule has 4 nitrogen and oxygen atoms in total. The van der Waals surface area contributed by atoms with Crippen molar-refractivity contribution >= 4 is 0 Å². The van der Waals surface area contributed by atoms with E-state index >= 15 is 0 Å². The van der Waals surface area contributed by atoms with Crippen molar-refractivity contribution in [3.05, 3.63) is 140 Å². The van der Waals surface area contributed by atoms with E-state index in [1.807, 2.05) is 0 Å². The van der Waals surface area contributed by atoms with E-state index in [1.165, 1.54) is 80.5 Å². The molecule has 0 fully saturated rings. The first-order chi connectivity index (χ1) is 26.6. The SMILES string of the molecule is CC(C)c1ccc2c(c1)CCNC2.CC(C)c1ccc2c(c1)CCNC2(C)C.CC(C)c1ccc2c(c1)CNCC2.CC(C)c1ccc2c(c1)CNCC2(C)C. The topological polar surface area (TPSA) is 48.1 Å². The maximum Gasteiger partial charge on any atom is 0.0380 e. The summed E-state index contributed by atoms with van der Waals surface area (Å²) in [5.74, 6) is 2.56. The molecule has 304 valence electrons. The van der Waals surface area contributed by atoms with Crippen LogP contribution in [0.2, 0.25) is 0 Å². The smallest absolute Gasteiger partial charge is 0.0380 e. The van der Waals surface area contributed by atoms with E-state index in [4.69, 9.17) is 0 Å². The molecule has 4 heteroatoms. The van der Waals surface area contributed by atoms with Crippen LogP contribution in [0.15, 0.2) is 72.8 Å². The van der Waals surface area contributed by atoms with Gasteiger partial charge in [0.2, 0.25) is 0 Å². The summed E-state index contributed by atoms with van der Waals surface area (Å²) in [5.41, 5.74) is 18.3. The minimum absolute atomic E-state index is 0.142. The summed E-state index contributed by atoms with van der Waals surface area (Å²) in [6, 6.07) is 27.8. The fraction of sp³-hybridized carbons (Fsp3) is 0.538. The normalized spacial score (nSPS) is 17.6. The fourth-order valence-electron chi connectivity index (χ4n) is 8.49. The average Bonchev–Trinajstić information content (AvgIpc) is 3.17. The van der Waals surface area contributed by atoms with Crippen LogP contribution in [-0.2, 0) is 49.9 Å². The van der Waals surface area contributed by atoms with Gasteiger partial charge in [0.25, 0.3) is 0 Å². The second-order valence-electron chi connectivity index (χ2n) is 19.2. The van der Waals surface area contributed by atoms with Crippen molar-refractivity contribution < 1.29 is 0 Å². The lowest BCUT2D eigenvalue weighted by atomic mass is 9.78. The van der Waals surface area contributed by atoms with Gasteiger partial charge < -0.3 is 21.3 Å². The molecule has 0 spiro atoms. The first kappa shape index (κ1) is 43.8. The van der Waals surface area contributed by atoms with Gasteiger partial charge in [-0.2, -0.15) is 0 Å². The van der Waals surface area contributed by atoms with E-state index in [2.05, 4.69) is 177 Å². The third-order valence-corrected chi connectivity index (χ3v) is 12.4. The second kappa shape index (κ2) is 19.4. The molecule has 0 aliphatic carbocycles. The van der Waals surface area contributed by atoms with Crippen LogP contribution < -0.4 is 21.3 Å². The van der Waals surface area contributed by atoms with Crippen LogP contribution in [-0.4, -0.2) is 26.2 Å². The molecule has 56 heavy (non-hydrogen) atoms. The molecule has 4 N–H and O–H groups in total. The lowest BCUT2D eigenvalue weighted by molar-refractivity contribution is 0.382. The summed E-state index contributed by atoms with van der Waals surface area (Å²) in [4.78, 5) is 0. The third kappa shape index (κ3) is 11.4. The Labute approximate surface area is 342 Å². The zero-order valence-corrected chi connectivity index (χ0v) is 37.3. The van der Waals surface area contributed by atoms with Gasteiger partial charge >= 0.3 is 0 Å². The molecule has 4 aliphatic rings. The highest BCUT2D eigenvalue weighted by Crippen LogP contribution is 2.32. The molecule has 0 bridgehead atoms. The summed E-state index contributed by atoms with van der Waals surface area (Å²) in [6.07, 6.45) is 3.54. The molecule has 0 unspecified atom stereocenters. The molecule has 4 aliphatic heterocycles. The van der Waals surface area contributed by atoms with Gasteiger partial charge in [-0.05, 0) is 143 Å². The molecule has 8 rings (SSSR count). The van der Waals surface area contributed by atoms with Gasteiger partial charge in [-0.15, -0.1) is 0 Å². The molecule has 4 heterocycles. The molecular weight excluding hydrogens is 681 g/mol. The van der Waals surface area contributed by atoms with Gasteiger partial charge in [0.05, 0.1) is 0 Å². The summed E-state index contributed by atoms with van der Waals surface area (Å²) in [5, 5.41) is 13.9. The summed E-state index contributed by atoms with van der Waals surface area (Å²) >= 11 is 0. The fourth-order valence-corrected chi connectivity index (χ4v) is 8.49. The number of fused-ring (bicyclic) bond motifs is 4. The van der Waals surface area contributed by atoms with E-state index in [0.29, 0.717) is 23.7 Å². The zero-order valence-electron chi connectivity index (χ0n) is 37.3. The Morgan fingerprint density at radius 2 is 0.839 bits per heavy atom. The number of rotatable bonds is 4. The minimum atomic E-state index is 0.142. The molecule has 0 saturated heterocycles. The molecular formula is C52H76N4. The predicted molar refractivity (Wildman–Crippen MR) is 242 cm³/mol. The zero-order chi connectivity index (χ0) is 40.6. The molecule has 0 amide bonds. The van der Waals surface area contributed by atoms with Crippen molar-refractivity contribution in [3.63, 3.8) is 0 Å². The largest absolute Gasteiger partial charge is 0.312 e. The molecule has 0 atom stereocenters. The maximum absolute atomic E-state index is 3.56. The Kier molecular flexibility index (Phi) is 15.2. The molecule has 0 saturated carbocycles. The lowest BCUT2D eigenvalue weighted by Gasteiger charge is -2.34. The predicted octanol–water partition coefficient (Wildman–Crippen LogP) is 11.3. The van der Waals surface area contributed by atoms with Crippen LogP contribution in [0.3, 0.4) is 0 Å². The Hall–Kier alpha value is -3.28. The van der Waals surface area contributed by atoms with E-state index in [9.17, 15) is 0 Å². The average molecular weight is 757 g/mol. The van der Waals surface area contributed by atoms with E-state index < -0.39 is 0 Å². The second-order valence-corrected chi connectivity index (χ2v) is 19.2. The van der Waals surface area contributed by atoms with Crippen LogP contribution >= 0.6 is 0 Å². The van der Waals surface area contributed by atoms with Crippen LogP contribution in [0, 0.1) is 0 Å². The Morgan fingerprint density at radius 1 is 0.411 bits per heavy atom. The Bertz CT molecular complexity index is 1740. The van der Waals surface area contributed by atoms with Crippen molar-refractivity contribution in [3.8, 4) is 0 Å². The van der Waals surface area contributed by atoms with Crippen LogP contribution in [0.4, 0.5) is 0 Å². The minimum Gasteiger partial charge on any atom is -0.312 e. The van der Waals surface area contributed by atoms with Gasteiger partial charge in [-0.3, -0.25) is 0 Å². The van der Waals surface area contributed by atoms with Crippen molar-refractivity contribution in [1.82, 2.24) is 21.3 Å². The van der Waals surface area contributed by atoms with Gasteiger partial charge in [-0.25, -0.2) is 0 Å².